The number of carbonyl (C=O) groups is 1. The van der Waals surface area contributed by atoms with E-state index in [4.69, 9.17) is 0 Å². The molecule has 1 aliphatic rings. The molecule has 0 aliphatic carbocycles. The smallest absolute Gasteiger partial charge is 0.262 e. The Kier molecular flexibility index (Phi) is 7.75. The van der Waals surface area contributed by atoms with E-state index in [-0.39, 0.29) is 4.90 Å². The fourth-order valence-electron chi connectivity index (χ4n) is 3.44. The van der Waals surface area contributed by atoms with Gasteiger partial charge in [0.25, 0.3) is 10.0 Å². The highest BCUT2D eigenvalue weighted by Crippen LogP contribution is 2.22. The molecule has 2 N–H and O–H groups in total. The summed E-state index contributed by atoms with van der Waals surface area (Å²) in [6, 6.07) is 12.6. The first-order valence-electron chi connectivity index (χ1n) is 10.6. The first kappa shape index (κ1) is 24.7. The Labute approximate surface area is 195 Å². The van der Waals surface area contributed by atoms with Crippen LogP contribution in [-0.2, 0) is 24.8 Å². The molecule has 33 heavy (non-hydrogen) atoms. The highest BCUT2D eigenvalue weighted by molar-refractivity contribution is 7.92. The Bertz CT molecular complexity index is 1240. The molecule has 9 nitrogen and oxygen atoms in total. The number of nitrogens with one attached hydrogen (secondary N) is 2. The Morgan fingerprint density at radius 2 is 1.70 bits per heavy atom. The topological polar surface area (TPSA) is 125 Å². The molecule has 11 heteroatoms. The summed E-state index contributed by atoms with van der Waals surface area (Å²) in [5.41, 5.74) is 1.49. The molecular weight excluding hydrogens is 464 g/mol. The molecule has 3 rings (SSSR count). The van der Waals surface area contributed by atoms with Crippen molar-refractivity contribution in [3.8, 4) is 0 Å². The molecule has 0 saturated carbocycles. The van der Waals surface area contributed by atoms with Gasteiger partial charge >= 0.3 is 0 Å². The van der Waals surface area contributed by atoms with Gasteiger partial charge in [0.05, 0.1) is 16.8 Å². The number of hydrogen-bond acceptors (Lipinski definition) is 6. The minimum atomic E-state index is -3.78. The third kappa shape index (κ3) is 6.78. The van der Waals surface area contributed by atoms with E-state index in [0.29, 0.717) is 30.2 Å². The van der Waals surface area contributed by atoms with Crippen LogP contribution in [-0.4, -0.2) is 47.9 Å². The number of amides is 1. The van der Waals surface area contributed by atoms with Crippen molar-refractivity contribution in [3.63, 3.8) is 0 Å². The average molecular weight is 493 g/mol. The van der Waals surface area contributed by atoms with Crippen LogP contribution in [0.4, 0.5) is 11.4 Å². The molecule has 0 spiro atoms. The standard InChI is InChI=1S/C22H28N4O5S2/c1-17-8-5-6-9-20(17)26(32(2,28)29)16-22(27)24-18-11-13-19(14-12-18)33(30,31)25-21-10-4-3-7-15-23-21/h5-6,8-9,11-14H,3-4,7,10,15-16H2,1-2H3,(H,23,25)(H,24,27). The fourth-order valence-corrected chi connectivity index (χ4v) is 5.45. The van der Waals surface area contributed by atoms with Crippen LogP contribution in [0.1, 0.15) is 31.2 Å². The summed E-state index contributed by atoms with van der Waals surface area (Å²) in [7, 11) is -7.48. The summed E-state index contributed by atoms with van der Waals surface area (Å²) in [5.74, 6) is -0.0906. The summed E-state index contributed by atoms with van der Waals surface area (Å²) in [6.07, 6.45) is 4.48. The number of sulfonamides is 2. The highest BCUT2D eigenvalue weighted by Gasteiger charge is 2.22. The van der Waals surface area contributed by atoms with Gasteiger partial charge in [-0.2, -0.15) is 0 Å². The summed E-state index contributed by atoms with van der Waals surface area (Å²) in [6.45, 7) is 1.96. The normalized spacial score (nSPS) is 14.7. The van der Waals surface area contributed by atoms with E-state index >= 15 is 0 Å². The number of anilines is 2. The quantitative estimate of drug-likeness (QED) is 0.615. The van der Waals surface area contributed by atoms with Gasteiger partial charge in [0.2, 0.25) is 15.9 Å². The molecule has 178 valence electrons. The van der Waals surface area contributed by atoms with E-state index < -0.39 is 32.5 Å². The van der Waals surface area contributed by atoms with Gasteiger partial charge in [-0.25, -0.2) is 16.8 Å². The van der Waals surface area contributed by atoms with Gasteiger partial charge < -0.3 is 5.32 Å². The predicted octanol–water partition coefficient (Wildman–Crippen LogP) is 2.65. The molecule has 0 atom stereocenters. The van der Waals surface area contributed by atoms with Crippen LogP contribution in [0.5, 0.6) is 0 Å². The highest BCUT2D eigenvalue weighted by atomic mass is 32.2. The Balaban J connectivity index is 1.69. The lowest BCUT2D eigenvalue weighted by Crippen LogP contribution is -2.37. The van der Waals surface area contributed by atoms with Gasteiger partial charge in [-0.15, -0.1) is 0 Å². The molecule has 0 saturated heterocycles. The van der Waals surface area contributed by atoms with Crippen molar-refractivity contribution in [2.24, 2.45) is 4.99 Å². The Hall–Kier alpha value is -2.92. The minimum absolute atomic E-state index is 0.0464. The first-order valence-corrected chi connectivity index (χ1v) is 13.9. The molecule has 0 aromatic heterocycles. The molecular formula is C22H28N4O5S2. The van der Waals surface area contributed by atoms with Crippen molar-refractivity contribution in [1.82, 2.24) is 4.72 Å². The lowest BCUT2D eigenvalue weighted by molar-refractivity contribution is -0.114. The van der Waals surface area contributed by atoms with Crippen LogP contribution in [0.15, 0.2) is 58.4 Å². The number of rotatable bonds is 7. The fraction of sp³-hybridized carbons (Fsp3) is 0.364. The van der Waals surface area contributed by atoms with Crippen molar-refractivity contribution in [3.05, 3.63) is 54.1 Å². The van der Waals surface area contributed by atoms with Crippen molar-refractivity contribution in [1.29, 1.82) is 0 Å². The second kappa shape index (κ2) is 10.3. The molecule has 0 radical (unpaired) electrons. The molecule has 0 bridgehead atoms. The maximum atomic E-state index is 12.6. The van der Waals surface area contributed by atoms with Gasteiger partial charge in [0.15, 0.2) is 0 Å². The summed E-state index contributed by atoms with van der Waals surface area (Å²) < 4.78 is 53.4. The van der Waals surface area contributed by atoms with E-state index in [9.17, 15) is 21.6 Å². The van der Waals surface area contributed by atoms with Crippen LogP contribution < -0.4 is 14.3 Å². The molecule has 1 heterocycles. The number of nitrogens with zero attached hydrogens (tertiary/aromatic N) is 2. The lowest BCUT2D eigenvalue weighted by Gasteiger charge is -2.23. The summed E-state index contributed by atoms with van der Waals surface area (Å²) in [4.78, 5) is 16.9. The SMILES string of the molecule is Cc1ccccc1N(CC(=O)Nc1ccc(S(=O)(=O)NC2=NCCCCC2)cc1)S(C)(=O)=O. The number of benzene rings is 2. The molecule has 2 aromatic rings. The molecule has 2 aromatic carbocycles. The number of carbonyl (C=O) groups excluding carboxylic acids is 1. The monoisotopic (exact) mass is 492 g/mol. The Morgan fingerprint density at radius 3 is 2.36 bits per heavy atom. The predicted molar refractivity (Wildman–Crippen MR) is 130 cm³/mol. The average Bonchev–Trinajstić information content (AvgIpc) is 3.00. The number of aliphatic imine (C=N–C) groups is 1. The number of aryl methyl sites for hydroxylation is 1. The maximum Gasteiger partial charge on any atom is 0.262 e. The van der Waals surface area contributed by atoms with E-state index in [0.717, 1.165) is 35.4 Å². The minimum Gasteiger partial charge on any atom is -0.325 e. The van der Waals surface area contributed by atoms with Gasteiger partial charge in [-0.05, 0) is 55.7 Å². The van der Waals surface area contributed by atoms with Crippen molar-refractivity contribution < 1.29 is 21.6 Å². The summed E-state index contributed by atoms with van der Waals surface area (Å²) in [5, 5.41) is 2.62. The zero-order valence-corrected chi connectivity index (χ0v) is 20.2. The molecule has 0 fully saturated rings. The number of para-hydroxylation sites is 1. The molecule has 0 unspecified atom stereocenters. The van der Waals surface area contributed by atoms with Gasteiger partial charge in [-0.3, -0.25) is 18.8 Å². The van der Waals surface area contributed by atoms with E-state index in [2.05, 4.69) is 15.0 Å². The van der Waals surface area contributed by atoms with Crippen LogP contribution in [0.3, 0.4) is 0 Å². The van der Waals surface area contributed by atoms with Gasteiger partial charge in [0, 0.05) is 18.7 Å². The maximum absolute atomic E-state index is 12.6. The molecule has 1 aliphatic heterocycles. The third-order valence-electron chi connectivity index (χ3n) is 5.15. The second-order valence-corrected chi connectivity index (χ2v) is 11.5. The third-order valence-corrected chi connectivity index (χ3v) is 7.67. The molecule has 1 amide bonds. The zero-order chi connectivity index (χ0) is 24.1. The first-order chi connectivity index (χ1) is 15.6. The van der Waals surface area contributed by atoms with Crippen LogP contribution in [0.25, 0.3) is 0 Å². The van der Waals surface area contributed by atoms with Crippen LogP contribution in [0, 0.1) is 6.92 Å². The number of amidine groups is 1. The Morgan fingerprint density at radius 1 is 1.00 bits per heavy atom. The van der Waals surface area contributed by atoms with Crippen molar-refractivity contribution in [2.45, 2.75) is 37.5 Å². The van der Waals surface area contributed by atoms with Crippen molar-refractivity contribution >= 4 is 43.2 Å². The van der Waals surface area contributed by atoms with E-state index in [1.54, 1.807) is 31.2 Å². The van der Waals surface area contributed by atoms with Gasteiger partial charge in [0.1, 0.15) is 12.4 Å². The van der Waals surface area contributed by atoms with Crippen molar-refractivity contribution in [2.75, 3.05) is 29.0 Å². The summed E-state index contributed by atoms with van der Waals surface area (Å²) >= 11 is 0. The second-order valence-electron chi connectivity index (χ2n) is 7.87. The lowest BCUT2D eigenvalue weighted by atomic mass is 10.2. The number of hydrogen-bond donors (Lipinski definition) is 2. The van der Waals surface area contributed by atoms with Crippen LogP contribution >= 0.6 is 0 Å². The van der Waals surface area contributed by atoms with E-state index in [1.165, 1.54) is 24.3 Å². The van der Waals surface area contributed by atoms with E-state index in [1.807, 2.05) is 0 Å². The zero-order valence-electron chi connectivity index (χ0n) is 18.6. The van der Waals surface area contributed by atoms with Gasteiger partial charge in [-0.1, -0.05) is 24.6 Å². The largest absolute Gasteiger partial charge is 0.325 e. The van der Waals surface area contributed by atoms with Crippen LogP contribution in [0.2, 0.25) is 0 Å².